The van der Waals surface area contributed by atoms with Gasteiger partial charge in [0.2, 0.25) is 0 Å². The fourth-order valence-corrected chi connectivity index (χ4v) is 2.23. The molecular weight excluding hydrogens is 227 g/mol. The van der Waals surface area contributed by atoms with Crippen LogP contribution in [0.2, 0.25) is 0 Å². The molecule has 1 aromatic rings. The molecule has 0 spiro atoms. The molecule has 0 saturated heterocycles. The summed E-state index contributed by atoms with van der Waals surface area (Å²) in [6, 6.07) is 4.73. The van der Waals surface area contributed by atoms with Crippen molar-refractivity contribution in [1.82, 2.24) is 0 Å². The van der Waals surface area contributed by atoms with Crippen molar-refractivity contribution >= 4 is 11.6 Å². The van der Waals surface area contributed by atoms with Crippen molar-refractivity contribution in [2.45, 2.75) is 44.1 Å². The zero-order valence-corrected chi connectivity index (χ0v) is 10.1. The minimum Gasteiger partial charge on any atom is -0.490 e. The molecule has 1 heterocycles. The van der Waals surface area contributed by atoms with E-state index in [1.807, 2.05) is 6.92 Å². The van der Waals surface area contributed by atoms with Gasteiger partial charge in [-0.15, -0.1) is 11.6 Å². The zero-order chi connectivity index (χ0) is 11.5. The molecule has 0 fully saturated rings. The Balaban J connectivity index is 1.86. The highest BCUT2D eigenvalue weighted by Crippen LogP contribution is 2.31. The highest BCUT2D eigenvalue weighted by atomic mass is 35.5. The third-order valence-electron chi connectivity index (χ3n) is 2.89. The molecule has 16 heavy (non-hydrogen) atoms. The van der Waals surface area contributed by atoms with E-state index in [1.54, 1.807) is 12.1 Å². The van der Waals surface area contributed by atoms with E-state index >= 15 is 0 Å². The topological polar surface area (TPSA) is 9.23 Å². The molecule has 0 saturated carbocycles. The number of hydrogen-bond donors (Lipinski definition) is 0. The largest absolute Gasteiger partial charge is 0.490 e. The molecule has 0 bridgehead atoms. The molecule has 88 valence electrons. The first-order valence-electron chi connectivity index (χ1n) is 5.74. The molecule has 2 atom stereocenters. The van der Waals surface area contributed by atoms with Crippen LogP contribution < -0.4 is 4.74 Å². The van der Waals surface area contributed by atoms with Crippen LogP contribution in [0.5, 0.6) is 5.75 Å². The van der Waals surface area contributed by atoms with Gasteiger partial charge in [-0.2, -0.15) is 0 Å². The summed E-state index contributed by atoms with van der Waals surface area (Å²) in [5.74, 6) is 0.655. The Morgan fingerprint density at radius 1 is 1.56 bits per heavy atom. The SMILES string of the molecule is CC(Cl)CCCC1Cc2cc(F)ccc2O1. The molecule has 0 N–H and O–H groups in total. The van der Waals surface area contributed by atoms with Gasteiger partial charge in [0.1, 0.15) is 17.7 Å². The fraction of sp³-hybridized carbons (Fsp3) is 0.538. The number of halogens is 2. The summed E-state index contributed by atoms with van der Waals surface area (Å²) in [5, 5.41) is 0.223. The van der Waals surface area contributed by atoms with E-state index in [0.29, 0.717) is 0 Å². The molecule has 1 nitrogen and oxygen atoms in total. The van der Waals surface area contributed by atoms with Crippen LogP contribution in [0.3, 0.4) is 0 Å². The predicted molar refractivity (Wildman–Crippen MR) is 63.7 cm³/mol. The lowest BCUT2D eigenvalue weighted by Gasteiger charge is -2.10. The highest BCUT2D eigenvalue weighted by Gasteiger charge is 2.22. The Hall–Kier alpha value is -0.760. The number of rotatable bonds is 4. The second-order valence-corrected chi connectivity index (χ2v) is 5.15. The van der Waals surface area contributed by atoms with E-state index < -0.39 is 0 Å². The van der Waals surface area contributed by atoms with Gasteiger partial charge in [-0.1, -0.05) is 0 Å². The molecule has 0 amide bonds. The molecule has 2 rings (SSSR count). The highest BCUT2D eigenvalue weighted by molar-refractivity contribution is 6.20. The standard InChI is InChI=1S/C13H16ClFO/c1-9(14)3-2-4-12-8-10-7-11(15)5-6-13(10)16-12/h5-7,9,12H,2-4,8H2,1H3. The van der Waals surface area contributed by atoms with Gasteiger partial charge in [0.25, 0.3) is 0 Å². The summed E-state index contributed by atoms with van der Waals surface area (Å²) in [6.45, 7) is 2.00. The van der Waals surface area contributed by atoms with Crippen LogP contribution in [0, 0.1) is 5.82 Å². The zero-order valence-electron chi connectivity index (χ0n) is 9.38. The van der Waals surface area contributed by atoms with Crippen molar-refractivity contribution in [2.24, 2.45) is 0 Å². The Bertz CT molecular complexity index is 365. The maximum Gasteiger partial charge on any atom is 0.123 e. The number of fused-ring (bicyclic) bond motifs is 1. The van der Waals surface area contributed by atoms with Crippen molar-refractivity contribution in [2.75, 3.05) is 0 Å². The van der Waals surface area contributed by atoms with Gasteiger partial charge < -0.3 is 4.74 Å². The summed E-state index contributed by atoms with van der Waals surface area (Å²) in [7, 11) is 0. The van der Waals surface area contributed by atoms with Crippen LogP contribution in [-0.2, 0) is 6.42 Å². The van der Waals surface area contributed by atoms with Crippen molar-refractivity contribution in [3.63, 3.8) is 0 Å². The van der Waals surface area contributed by atoms with Crippen LogP contribution in [0.25, 0.3) is 0 Å². The average molecular weight is 243 g/mol. The summed E-state index contributed by atoms with van der Waals surface area (Å²) < 4.78 is 18.7. The number of ether oxygens (including phenoxy) is 1. The first kappa shape index (κ1) is 11.7. The molecule has 3 heteroatoms. The van der Waals surface area contributed by atoms with Crippen molar-refractivity contribution in [1.29, 1.82) is 0 Å². The van der Waals surface area contributed by atoms with Crippen molar-refractivity contribution in [3.05, 3.63) is 29.6 Å². The minimum atomic E-state index is -0.183. The molecule has 0 aromatic heterocycles. The van der Waals surface area contributed by atoms with Crippen LogP contribution in [-0.4, -0.2) is 11.5 Å². The van der Waals surface area contributed by atoms with Crippen LogP contribution in [0.4, 0.5) is 4.39 Å². The maximum absolute atomic E-state index is 13.0. The maximum atomic E-state index is 13.0. The molecule has 0 aliphatic carbocycles. The van der Waals surface area contributed by atoms with E-state index in [-0.39, 0.29) is 17.3 Å². The lowest BCUT2D eigenvalue weighted by Crippen LogP contribution is -2.12. The van der Waals surface area contributed by atoms with Crippen LogP contribution in [0.15, 0.2) is 18.2 Å². The van der Waals surface area contributed by atoms with Crippen LogP contribution >= 0.6 is 11.6 Å². The normalized spacial score (nSPS) is 20.3. The Morgan fingerprint density at radius 2 is 2.38 bits per heavy atom. The fourth-order valence-electron chi connectivity index (χ4n) is 2.08. The molecule has 1 aromatic carbocycles. The Kier molecular flexibility index (Phi) is 3.70. The van der Waals surface area contributed by atoms with E-state index in [1.165, 1.54) is 6.07 Å². The van der Waals surface area contributed by atoms with E-state index in [9.17, 15) is 4.39 Å². The van der Waals surface area contributed by atoms with Gasteiger partial charge in [0, 0.05) is 17.4 Å². The van der Waals surface area contributed by atoms with Gasteiger partial charge in [-0.3, -0.25) is 0 Å². The number of hydrogen-bond acceptors (Lipinski definition) is 1. The lowest BCUT2D eigenvalue weighted by atomic mass is 10.0. The molecule has 0 radical (unpaired) electrons. The monoisotopic (exact) mass is 242 g/mol. The number of alkyl halides is 1. The van der Waals surface area contributed by atoms with Gasteiger partial charge in [0.05, 0.1) is 0 Å². The third kappa shape index (κ3) is 2.88. The summed E-state index contributed by atoms with van der Waals surface area (Å²) in [6.07, 6.45) is 4.09. The van der Waals surface area contributed by atoms with E-state index in [2.05, 4.69) is 0 Å². The van der Waals surface area contributed by atoms with Crippen LogP contribution in [0.1, 0.15) is 31.7 Å². The summed E-state index contributed by atoms with van der Waals surface area (Å²) >= 11 is 5.88. The molecular formula is C13H16ClFO. The molecule has 2 unspecified atom stereocenters. The second-order valence-electron chi connectivity index (χ2n) is 4.41. The van der Waals surface area contributed by atoms with E-state index in [4.69, 9.17) is 16.3 Å². The minimum absolute atomic E-state index is 0.183. The first-order chi connectivity index (χ1) is 7.65. The second kappa shape index (κ2) is 5.05. The lowest BCUT2D eigenvalue weighted by molar-refractivity contribution is 0.217. The van der Waals surface area contributed by atoms with Gasteiger partial charge in [0.15, 0.2) is 0 Å². The smallest absolute Gasteiger partial charge is 0.123 e. The molecule has 1 aliphatic heterocycles. The van der Waals surface area contributed by atoms with Gasteiger partial charge in [-0.05, 0) is 44.4 Å². The Morgan fingerprint density at radius 3 is 3.12 bits per heavy atom. The molecule has 1 aliphatic rings. The van der Waals surface area contributed by atoms with Crippen molar-refractivity contribution in [3.8, 4) is 5.75 Å². The predicted octanol–water partition coefficient (Wildman–Crippen LogP) is 3.93. The van der Waals surface area contributed by atoms with Gasteiger partial charge in [-0.25, -0.2) is 4.39 Å². The first-order valence-corrected chi connectivity index (χ1v) is 6.18. The summed E-state index contributed by atoms with van der Waals surface area (Å²) in [5.41, 5.74) is 0.990. The quantitative estimate of drug-likeness (QED) is 0.727. The van der Waals surface area contributed by atoms with Gasteiger partial charge >= 0.3 is 0 Å². The van der Waals surface area contributed by atoms with Crippen molar-refractivity contribution < 1.29 is 9.13 Å². The average Bonchev–Trinajstić information content (AvgIpc) is 2.58. The van der Waals surface area contributed by atoms with E-state index in [0.717, 1.165) is 37.0 Å². The number of benzene rings is 1. The third-order valence-corrected chi connectivity index (χ3v) is 3.11. The Labute approximate surface area is 101 Å². The summed E-state index contributed by atoms with van der Waals surface area (Å²) in [4.78, 5) is 0.